The molecule has 92 valence electrons. The van der Waals surface area contributed by atoms with Crippen molar-refractivity contribution in [2.24, 2.45) is 0 Å². The topological polar surface area (TPSA) is 64.4 Å². The fraction of sp³-hybridized carbons (Fsp3) is 0.417. The molecule has 0 radical (unpaired) electrons. The number of hydrogen-bond donors (Lipinski definition) is 2. The first kappa shape index (κ1) is 12.4. The third kappa shape index (κ3) is 2.61. The molecule has 17 heavy (non-hydrogen) atoms. The van der Waals surface area contributed by atoms with E-state index in [1.807, 2.05) is 6.92 Å². The average molecular weight is 299 g/mol. The van der Waals surface area contributed by atoms with Crippen LogP contribution in [0.15, 0.2) is 22.7 Å². The molecular weight excluding hydrogens is 284 g/mol. The number of nitrogens with one attached hydrogen (secondary N) is 1. The minimum atomic E-state index is -0.701. The molecule has 1 atom stereocenters. The Balaban J connectivity index is 2.10. The number of rotatable bonds is 2. The summed E-state index contributed by atoms with van der Waals surface area (Å²) in [4.78, 5) is 12.1. The van der Waals surface area contributed by atoms with Crippen molar-refractivity contribution in [2.45, 2.75) is 25.4 Å². The molecule has 4 nitrogen and oxygen atoms in total. The summed E-state index contributed by atoms with van der Waals surface area (Å²) in [5.74, 6) is -0.105. The molecule has 0 spiro atoms. The van der Waals surface area contributed by atoms with E-state index in [9.17, 15) is 4.79 Å². The number of anilines is 2. The molecule has 1 heterocycles. The SMILES string of the molecule is CC1(C(=O)Nc2ccc(N)c(Br)c2)CCCO1. The van der Waals surface area contributed by atoms with Gasteiger partial charge < -0.3 is 15.8 Å². The lowest BCUT2D eigenvalue weighted by Gasteiger charge is -2.22. The van der Waals surface area contributed by atoms with E-state index in [-0.39, 0.29) is 5.91 Å². The molecule has 0 bridgehead atoms. The highest BCUT2D eigenvalue weighted by atomic mass is 79.9. The quantitative estimate of drug-likeness (QED) is 0.825. The molecule has 0 aliphatic carbocycles. The van der Waals surface area contributed by atoms with Crippen molar-refractivity contribution in [1.82, 2.24) is 0 Å². The zero-order chi connectivity index (χ0) is 12.5. The number of amides is 1. The van der Waals surface area contributed by atoms with Gasteiger partial charge >= 0.3 is 0 Å². The van der Waals surface area contributed by atoms with Gasteiger partial charge in [0.2, 0.25) is 0 Å². The van der Waals surface area contributed by atoms with Gasteiger partial charge in [0.1, 0.15) is 5.60 Å². The van der Waals surface area contributed by atoms with Gasteiger partial charge in [-0.15, -0.1) is 0 Å². The van der Waals surface area contributed by atoms with Gasteiger partial charge in [-0.1, -0.05) is 0 Å². The monoisotopic (exact) mass is 298 g/mol. The third-order valence-electron chi connectivity index (χ3n) is 2.96. The summed E-state index contributed by atoms with van der Waals surface area (Å²) in [6.07, 6.45) is 1.68. The molecule has 1 saturated heterocycles. The number of carbonyl (C=O) groups is 1. The Morgan fingerprint density at radius 3 is 2.94 bits per heavy atom. The molecule has 1 aliphatic heterocycles. The molecule has 1 amide bonds. The van der Waals surface area contributed by atoms with E-state index in [0.29, 0.717) is 18.0 Å². The number of halogens is 1. The van der Waals surface area contributed by atoms with Crippen LogP contribution in [0.1, 0.15) is 19.8 Å². The summed E-state index contributed by atoms with van der Waals surface area (Å²) in [6, 6.07) is 5.30. The van der Waals surface area contributed by atoms with E-state index >= 15 is 0 Å². The molecule has 1 fully saturated rings. The highest BCUT2D eigenvalue weighted by molar-refractivity contribution is 9.10. The second-order valence-corrected chi connectivity index (χ2v) is 5.23. The Bertz CT molecular complexity index is 442. The zero-order valence-corrected chi connectivity index (χ0v) is 11.2. The lowest BCUT2D eigenvalue weighted by atomic mass is 10.0. The second kappa shape index (κ2) is 4.66. The third-order valence-corrected chi connectivity index (χ3v) is 3.64. The first-order valence-electron chi connectivity index (χ1n) is 5.52. The minimum absolute atomic E-state index is 0.105. The van der Waals surface area contributed by atoms with Gasteiger partial charge in [-0.05, 0) is 53.9 Å². The highest BCUT2D eigenvalue weighted by Crippen LogP contribution is 2.28. The molecule has 1 aromatic rings. The fourth-order valence-electron chi connectivity index (χ4n) is 1.83. The molecule has 5 heteroatoms. The van der Waals surface area contributed by atoms with Gasteiger partial charge in [-0.2, -0.15) is 0 Å². The fourth-order valence-corrected chi connectivity index (χ4v) is 2.21. The Labute approximate surface area is 109 Å². The highest BCUT2D eigenvalue weighted by Gasteiger charge is 2.37. The van der Waals surface area contributed by atoms with Crippen molar-refractivity contribution in [3.05, 3.63) is 22.7 Å². The van der Waals surface area contributed by atoms with E-state index < -0.39 is 5.60 Å². The van der Waals surface area contributed by atoms with Crippen molar-refractivity contribution >= 4 is 33.2 Å². The predicted octanol–water partition coefficient (Wildman–Crippen LogP) is 2.54. The van der Waals surface area contributed by atoms with Crippen LogP contribution in [0, 0.1) is 0 Å². The van der Waals surface area contributed by atoms with Gasteiger partial charge in [-0.25, -0.2) is 0 Å². The van der Waals surface area contributed by atoms with Crippen LogP contribution in [0.3, 0.4) is 0 Å². The number of carbonyl (C=O) groups excluding carboxylic acids is 1. The maximum absolute atomic E-state index is 12.1. The van der Waals surface area contributed by atoms with Crippen LogP contribution in [0.25, 0.3) is 0 Å². The Morgan fingerprint density at radius 2 is 2.35 bits per heavy atom. The van der Waals surface area contributed by atoms with E-state index in [1.165, 1.54) is 0 Å². The van der Waals surface area contributed by atoms with Crippen LogP contribution in [-0.4, -0.2) is 18.1 Å². The first-order chi connectivity index (χ1) is 8.01. The van der Waals surface area contributed by atoms with Crippen molar-refractivity contribution < 1.29 is 9.53 Å². The van der Waals surface area contributed by atoms with Crippen LogP contribution < -0.4 is 11.1 Å². The smallest absolute Gasteiger partial charge is 0.256 e. The number of nitrogens with two attached hydrogens (primary N) is 1. The number of benzene rings is 1. The van der Waals surface area contributed by atoms with Crippen molar-refractivity contribution in [3.63, 3.8) is 0 Å². The largest absolute Gasteiger partial charge is 0.398 e. The lowest BCUT2D eigenvalue weighted by molar-refractivity contribution is -0.133. The molecule has 1 aliphatic rings. The molecule has 1 aromatic carbocycles. The average Bonchev–Trinajstić information content (AvgIpc) is 2.72. The summed E-state index contributed by atoms with van der Waals surface area (Å²) in [5.41, 5.74) is 6.34. The number of ether oxygens (including phenoxy) is 1. The van der Waals surface area contributed by atoms with Gasteiger partial charge in [-0.3, -0.25) is 4.79 Å². The summed E-state index contributed by atoms with van der Waals surface area (Å²) < 4.78 is 6.25. The van der Waals surface area contributed by atoms with Gasteiger partial charge in [0, 0.05) is 22.5 Å². The molecular formula is C12H15BrN2O2. The normalized spacial score (nSPS) is 23.6. The van der Waals surface area contributed by atoms with Crippen LogP contribution >= 0.6 is 15.9 Å². The number of hydrogen-bond acceptors (Lipinski definition) is 3. The van der Waals surface area contributed by atoms with E-state index in [0.717, 1.165) is 17.3 Å². The van der Waals surface area contributed by atoms with Gasteiger partial charge in [0.05, 0.1) is 0 Å². The second-order valence-electron chi connectivity index (χ2n) is 4.37. The maximum Gasteiger partial charge on any atom is 0.256 e. The van der Waals surface area contributed by atoms with Crippen LogP contribution in [0.5, 0.6) is 0 Å². The predicted molar refractivity (Wildman–Crippen MR) is 70.8 cm³/mol. The lowest BCUT2D eigenvalue weighted by Crippen LogP contribution is -2.39. The van der Waals surface area contributed by atoms with Crippen molar-refractivity contribution in [1.29, 1.82) is 0 Å². The van der Waals surface area contributed by atoms with Crippen molar-refractivity contribution in [2.75, 3.05) is 17.7 Å². The van der Waals surface area contributed by atoms with Gasteiger partial charge in [0.15, 0.2) is 0 Å². The van der Waals surface area contributed by atoms with Crippen molar-refractivity contribution in [3.8, 4) is 0 Å². The number of nitrogen functional groups attached to an aromatic ring is 1. The van der Waals surface area contributed by atoms with E-state index in [1.54, 1.807) is 18.2 Å². The van der Waals surface area contributed by atoms with Gasteiger partial charge in [0.25, 0.3) is 5.91 Å². The van der Waals surface area contributed by atoms with Crippen LogP contribution in [0.4, 0.5) is 11.4 Å². The Morgan fingerprint density at radius 1 is 1.59 bits per heavy atom. The molecule has 1 unspecified atom stereocenters. The maximum atomic E-state index is 12.1. The van der Waals surface area contributed by atoms with Crippen LogP contribution in [0.2, 0.25) is 0 Å². The first-order valence-corrected chi connectivity index (χ1v) is 6.31. The standard InChI is InChI=1S/C12H15BrN2O2/c1-12(5-2-6-17-12)11(16)15-8-3-4-10(14)9(13)7-8/h3-4,7H,2,5-6,14H2,1H3,(H,15,16). The molecule has 0 aromatic heterocycles. The Hall–Kier alpha value is -1.07. The molecule has 2 rings (SSSR count). The minimum Gasteiger partial charge on any atom is -0.398 e. The molecule has 3 N–H and O–H groups in total. The Kier molecular flexibility index (Phi) is 3.40. The summed E-state index contributed by atoms with van der Waals surface area (Å²) in [5, 5.41) is 2.84. The molecule has 0 saturated carbocycles. The summed E-state index contributed by atoms with van der Waals surface area (Å²) in [6.45, 7) is 2.47. The van der Waals surface area contributed by atoms with E-state index in [2.05, 4.69) is 21.2 Å². The zero-order valence-electron chi connectivity index (χ0n) is 9.63. The van der Waals surface area contributed by atoms with Crippen LogP contribution in [-0.2, 0) is 9.53 Å². The summed E-state index contributed by atoms with van der Waals surface area (Å²) >= 11 is 3.33. The van der Waals surface area contributed by atoms with E-state index in [4.69, 9.17) is 10.5 Å². The summed E-state index contributed by atoms with van der Waals surface area (Å²) in [7, 11) is 0.